The number of benzene rings is 1. The average molecular weight is 328 g/mol. The Labute approximate surface area is 125 Å². The van der Waals surface area contributed by atoms with Gasteiger partial charge in [0.15, 0.2) is 0 Å². The van der Waals surface area contributed by atoms with Crippen molar-refractivity contribution in [2.24, 2.45) is 0 Å². The van der Waals surface area contributed by atoms with Gasteiger partial charge < -0.3 is 0 Å². The van der Waals surface area contributed by atoms with Crippen molar-refractivity contribution in [1.82, 2.24) is 0 Å². The van der Waals surface area contributed by atoms with Crippen LogP contribution in [0.5, 0.6) is 0 Å². The van der Waals surface area contributed by atoms with Gasteiger partial charge in [0.05, 0.1) is 20.5 Å². The van der Waals surface area contributed by atoms with Gasteiger partial charge in [0.2, 0.25) is 0 Å². The Bertz CT molecular complexity index is 491. The molecule has 1 aromatic carbocycles. The van der Waals surface area contributed by atoms with Gasteiger partial charge in [-0.2, -0.15) is 0 Å². The monoisotopic (exact) mass is 326 g/mol. The molecule has 0 fully saturated rings. The van der Waals surface area contributed by atoms with E-state index >= 15 is 0 Å². The summed E-state index contributed by atoms with van der Waals surface area (Å²) in [6, 6.07) is 9.38. The van der Waals surface area contributed by atoms with Crippen LogP contribution in [0.15, 0.2) is 51.5 Å². The van der Waals surface area contributed by atoms with Crippen LogP contribution in [0.2, 0.25) is 0 Å². The first-order valence-electron chi connectivity index (χ1n) is 4.79. The van der Waals surface area contributed by atoms with Crippen molar-refractivity contribution in [2.45, 2.75) is 10.3 Å². The summed E-state index contributed by atoms with van der Waals surface area (Å²) in [6.45, 7) is 0. The fourth-order valence-corrected chi connectivity index (χ4v) is 3.22. The van der Waals surface area contributed by atoms with E-state index in [1.165, 1.54) is 0 Å². The Kier molecular flexibility index (Phi) is 4.02. The lowest BCUT2D eigenvalue weighted by Gasteiger charge is -2.33. The minimum absolute atomic E-state index is 0.250. The first kappa shape index (κ1) is 13.6. The molecule has 2 unspecified atom stereocenters. The maximum absolute atomic E-state index is 6.54. The molecule has 0 nitrogen and oxygen atoms in total. The third-order valence-corrected chi connectivity index (χ3v) is 5.20. The molecule has 2 rings (SSSR count). The van der Waals surface area contributed by atoms with Crippen LogP contribution in [0.1, 0.15) is 5.56 Å². The van der Waals surface area contributed by atoms with Crippen LogP contribution in [0.25, 0.3) is 0 Å². The Hall–Kier alpha value is 0.150. The molecule has 0 bridgehead atoms. The number of alkyl halides is 2. The predicted octanol–water partition coefficient (Wildman–Crippen LogP) is 5.55. The highest BCUT2D eigenvalue weighted by molar-refractivity contribution is 6.52. The van der Waals surface area contributed by atoms with Crippen molar-refractivity contribution in [3.63, 3.8) is 0 Å². The fourth-order valence-electron chi connectivity index (χ4n) is 1.65. The molecule has 2 atom stereocenters. The first-order valence-corrected chi connectivity index (χ1v) is 6.74. The lowest BCUT2D eigenvalue weighted by Crippen LogP contribution is -2.31. The van der Waals surface area contributed by atoms with Gasteiger partial charge in [-0.15, -0.1) is 23.2 Å². The van der Waals surface area contributed by atoms with Gasteiger partial charge in [0, 0.05) is 0 Å². The van der Waals surface area contributed by atoms with Crippen LogP contribution >= 0.6 is 58.0 Å². The van der Waals surface area contributed by atoms with Crippen molar-refractivity contribution in [2.75, 3.05) is 0 Å². The number of halogens is 5. The summed E-state index contributed by atoms with van der Waals surface area (Å²) in [5.74, 6) is 0. The molecule has 1 aliphatic carbocycles. The quantitative estimate of drug-likeness (QED) is 0.593. The van der Waals surface area contributed by atoms with Crippen molar-refractivity contribution in [1.29, 1.82) is 0 Å². The molecule has 0 radical (unpaired) electrons. The molecule has 0 N–H and O–H groups in total. The Morgan fingerprint density at radius 3 is 2.18 bits per heavy atom. The lowest BCUT2D eigenvalue weighted by atomic mass is 9.91. The maximum atomic E-state index is 6.54. The smallest absolute Gasteiger partial charge is 0.111 e. The molecule has 0 amide bonds. The minimum atomic E-state index is -0.977. The summed E-state index contributed by atoms with van der Waals surface area (Å²) in [4.78, 5) is -0.977. The van der Waals surface area contributed by atoms with E-state index in [0.29, 0.717) is 5.03 Å². The van der Waals surface area contributed by atoms with E-state index in [-0.39, 0.29) is 10.1 Å². The van der Waals surface area contributed by atoms with Gasteiger partial charge in [-0.25, -0.2) is 0 Å². The highest BCUT2D eigenvalue weighted by atomic mass is 35.5. The molecule has 0 saturated heterocycles. The zero-order valence-corrected chi connectivity index (χ0v) is 12.2. The molecule has 0 saturated carbocycles. The van der Waals surface area contributed by atoms with E-state index in [1.807, 2.05) is 30.3 Å². The van der Waals surface area contributed by atoms with Crippen LogP contribution in [-0.4, -0.2) is 5.38 Å². The molecular formula is C12H7Cl5. The van der Waals surface area contributed by atoms with Gasteiger partial charge in [-0.1, -0.05) is 65.1 Å². The number of hydrogen-bond donors (Lipinski definition) is 0. The van der Waals surface area contributed by atoms with E-state index in [0.717, 1.165) is 5.56 Å². The first-order chi connectivity index (χ1) is 7.97. The Balaban J connectivity index is 2.54. The highest BCUT2D eigenvalue weighted by Crippen LogP contribution is 2.49. The van der Waals surface area contributed by atoms with Gasteiger partial charge in [-0.05, 0) is 11.6 Å². The van der Waals surface area contributed by atoms with Gasteiger partial charge in [-0.3, -0.25) is 0 Å². The van der Waals surface area contributed by atoms with E-state index in [4.69, 9.17) is 58.0 Å². The zero-order chi connectivity index (χ0) is 12.6. The van der Waals surface area contributed by atoms with Gasteiger partial charge in [0.1, 0.15) is 4.87 Å². The number of hydrogen-bond acceptors (Lipinski definition) is 0. The Morgan fingerprint density at radius 1 is 1.00 bits per heavy atom. The second kappa shape index (κ2) is 5.03. The summed E-state index contributed by atoms with van der Waals surface area (Å²) < 4.78 is 0. The summed E-state index contributed by atoms with van der Waals surface area (Å²) in [5.41, 5.74) is 0.821. The molecular weight excluding hydrogens is 321 g/mol. The van der Waals surface area contributed by atoms with Crippen molar-refractivity contribution in [3.8, 4) is 0 Å². The van der Waals surface area contributed by atoms with Crippen LogP contribution in [0.3, 0.4) is 0 Å². The fraction of sp³-hybridized carbons (Fsp3) is 0.167. The van der Waals surface area contributed by atoms with E-state index < -0.39 is 10.3 Å². The van der Waals surface area contributed by atoms with Crippen molar-refractivity contribution in [3.05, 3.63) is 57.1 Å². The summed E-state index contributed by atoms with van der Waals surface area (Å²) >= 11 is 30.8. The minimum Gasteiger partial charge on any atom is -0.114 e. The average Bonchev–Trinajstić information content (AvgIpc) is 2.35. The van der Waals surface area contributed by atoms with Crippen LogP contribution in [0.4, 0.5) is 0 Å². The van der Waals surface area contributed by atoms with Crippen LogP contribution < -0.4 is 0 Å². The van der Waals surface area contributed by atoms with Gasteiger partial charge >= 0.3 is 0 Å². The van der Waals surface area contributed by atoms with E-state index in [9.17, 15) is 0 Å². The zero-order valence-electron chi connectivity index (χ0n) is 8.43. The second-order valence-electron chi connectivity index (χ2n) is 3.65. The molecule has 5 heteroatoms. The molecule has 0 spiro atoms. The summed E-state index contributed by atoms with van der Waals surface area (Å²) in [5, 5.41) is 0.177. The molecule has 1 aliphatic rings. The summed E-state index contributed by atoms with van der Waals surface area (Å²) in [7, 11) is 0. The molecule has 1 aromatic rings. The molecule has 0 heterocycles. The Morgan fingerprint density at radius 2 is 1.59 bits per heavy atom. The van der Waals surface area contributed by atoms with Crippen LogP contribution in [0, 0.1) is 0 Å². The normalized spacial score (nSPS) is 29.2. The standard InChI is InChI=1S/C12H7Cl5/c13-8-6-12(17,7-4-2-1-3-5-7)11(16)10(15)9(8)14/h1-6,11H. The van der Waals surface area contributed by atoms with E-state index in [1.54, 1.807) is 6.08 Å². The molecule has 17 heavy (non-hydrogen) atoms. The van der Waals surface area contributed by atoms with Crippen molar-refractivity contribution < 1.29 is 0 Å². The third-order valence-electron chi connectivity index (χ3n) is 2.56. The molecule has 0 aromatic heterocycles. The largest absolute Gasteiger partial charge is 0.114 e. The molecule has 90 valence electrons. The second-order valence-corrected chi connectivity index (χ2v) is 5.91. The van der Waals surface area contributed by atoms with Gasteiger partial charge in [0.25, 0.3) is 0 Å². The number of rotatable bonds is 1. The van der Waals surface area contributed by atoms with Crippen molar-refractivity contribution >= 4 is 58.0 Å². The molecule has 0 aliphatic heterocycles. The summed E-state index contributed by atoms with van der Waals surface area (Å²) in [6.07, 6.45) is 1.62. The maximum Gasteiger partial charge on any atom is 0.111 e. The van der Waals surface area contributed by atoms with Crippen LogP contribution in [-0.2, 0) is 4.87 Å². The predicted molar refractivity (Wildman–Crippen MR) is 76.3 cm³/mol. The SMILES string of the molecule is ClC1=CC(Cl)(c2ccccc2)C(Cl)C(Cl)=C1Cl. The number of allylic oxidation sites excluding steroid dienone is 4. The van der Waals surface area contributed by atoms with E-state index in [2.05, 4.69) is 0 Å². The topological polar surface area (TPSA) is 0 Å². The third kappa shape index (κ3) is 2.34. The highest BCUT2D eigenvalue weighted by Gasteiger charge is 2.42. The lowest BCUT2D eigenvalue weighted by molar-refractivity contribution is 0.758.